The maximum absolute atomic E-state index is 2.59. The average molecular weight is 494 g/mol. The Bertz CT molecular complexity index is 1750. The number of hydrogen-bond donors (Lipinski definition) is 0. The Labute approximate surface area is 198 Å². The Morgan fingerprint density at radius 2 is 1.61 bits per heavy atom. The molecule has 3 heterocycles. The molecule has 0 unspecified atom stereocenters. The molecule has 2 nitrogen and oxygen atoms in total. The molecule has 6 rings (SSSR count). The van der Waals surface area contributed by atoms with Crippen LogP contribution in [0.4, 0.5) is 0 Å². The second-order valence-electron chi connectivity index (χ2n) is 11.3. The van der Waals surface area contributed by atoms with Crippen molar-refractivity contribution in [2.45, 2.75) is 50.9 Å². The van der Waals surface area contributed by atoms with Gasteiger partial charge in [-0.05, 0) is 0 Å². The molecule has 3 aromatic heterocycles. The van der Waals surface area contributed by atoms with Crippen LogP contribution < -0.4 is 8.96 Å². The Hall–Kier alpha value is -2.59. The Morgan fingerprint density at radius 3 is 2.30 bits per heavy atom. The normalized spacial score (nSPS) is 13.1. The minimum atomic E-state index is -2.04. The third kappa shape index (κ3) is 2.76. The van der Waals surface area contributed by atoms with E-state index in [0.29, 0.717) is 5.92 Å². The van der Waals surface area contributed by atoms with Crippen molar-refractivity contribution >= 4 is 66.7 Å². The third-order valence-electron chi connectivity index (χ3n) is 7.82. The molecule has 166 valence electrons. The number of fused-ring (bicyclic) bond motifs is 5. The second-order valence-corrected chi connectivity index (χ2v) is 22.0. The van der Waals surface area contributed by atoms with Crippen molar-refractivity contribution in [3.05, 3.63) is 65.4 Å². The molecule has 6 aromatic rings. The van der Waals surface area contributed by atoms with E-state index in [1.54, 1.807) is 4.40 Å². The monoisotopic (exact) mass is 495 g/mol. The molecule has 0 atom stereocenters. The fraction of sp³-hybridized carbons (Fsp3) is 0.300. The number of aromatic nitrogens is 2. The molecule has 0 radical (unpaired) electrons. The van der Waals surface area contributed by atoms with Gasteiger partial charge in [0, 0.05) is 0 Å². The Kier molecular flexibility index (Phi) is 4.28. The molecule has 0 fully saturated rings. The first-order valence-electron chi connectivity index (χ1n) is 12.1. The third-order valence-corrected chi connectivity index (χ3v) is 12.1. The molecule has 0 saturated heterocycles. The van der Waals surface area contributed by atoms with E-state index in [1.165, 1.54) is 65.7 Å². The summed E-state index contributed by atoms with van der Waals surface area (Å²) in [6.45, 7) is 9.15. The van der Waals surface area contributed by atoms with Crippen LogP contribution in [-0.2, 0) is 7.05 Å². The summed E-state index contributed by atoms with van der Waals surface area (Å²) in [5.41, 5.74) is 9.60. The number of pyridine rings is 2. The molecular formula is C30H33GeN2+. The minimum absolute atomic E-state index is 0.517. The van der Waals surface area contributed by atoms with E-state index in [9.17, 15) is 0 Å². The van der Waals surface area contributed by atoms with Gasteiger partial charge in [0.1, 0.15) is 0 Å². The molecule has 0 aliphatic rings. The maximum atomic E-state index is 2.59. The number of benzene rings is 3. The molecule has 0 bridgehead atoms. The van der Waals surface area contributed by atoms with Gasteiger partial charge in [0.2, 0.25) is 0 Å². The standard InChI is InChI=1S/C30H33GeN2/c1-17(2)20-9-10-25-23(15-20)24-13-18(3)19(4)27-29(24)33(25)26-16-22(31(5,6)7)14-21-11-12-32(8)30(27)28(21)26/h9-17H,1-8H3/q+1. The first kappa shape index (κ1) is 21.0. The van der Waals surface area contributed by atoms with E-state index in [2.05, 4.69) is 110 Å². The van der Waals surface area contributed by atoms with Crippen molar-refractivity contribution in [1.29, 1.82) is 0 Å². The summed E-state index contributed by atoms with van der Waals surface area (Å²) in [7, 11) is 2.21. The average Bonchev–Trinajstić information content (AvgIpc) is 3.08. The SMILES string of the molecule is Cc1cc2c3cc(C(C)C)ccc3n3c4c[c]([Ge]([CH3])([CH3])[CH3])cc5cc[n+](C)c(c(c1C)c23)c54. The summed E-state index contributed by atoms with van der Waals surface area (Å²) in [5.74, 6) is 8.02. The summed E-state index contributed by atoms with van der Waals surface area (Å²) in [6, 6.07) is 16.9. The van der Waals surface area contributed by atoms with Crippen molar-refractivity contribution in [3.63, 3.8) is 0 Å². The van der Waals surface area contributed by atoms with Gasteiger partial charge in [0.25, 0.3) is 0 Å². The van der Waals surface area contributed by atoms with Gasteiger partial charge in [0.15, 0.2) is 0 Å². The van der Waals surface area contributed by atoms with Crippen LogP contribution in [0.1, 0.15) is 36.5 Å². The quantitative estimate of drug-likeness (QED) is 0.105. The van der Waals surface area contributed by atoms with Crippen LogP contribution in [0.15, 0.2) is 48.7 Å². The molecule has 0 aliphatic carbocycles. The van der Waals surface area contributed by atoms with E-state index < -0.39 is 13.3 Å². The summed E-state index contributed by atoms with van der Waals surface area (Å²) < 4.78 is 6.49. The van der Waals surface area contributed by atoms with Gasteiger partial charge >= 0.3 is 199 Å². The van der Waals surface area contributed by atoms with Gasteiger partial charge in [-0.25, -0.2) is 0 Å². The van der Waals surface area contributed by atoms with Gasteiger partial charge < -0.3 is 0 Å². The van der Waals surface area contributed by atoms with Gasteiger partial charge in [-0.15, -0.1) is 0 Å². The summed E-state index contributed by atoms with van der Waals surface area (Å²) in [5, 5.41) is 6.93. The molecule has 0 aliphatic heterocycles. The van der Waals surface area contributed by atoms with E-state index in [0.717, 1.165) is 0 Å². The molecule has 0 N–H and O–H groups in total. The molecule has 3 heteroatoms. The van der Waals surface area contributed by atoms with Crippen LogP contribution in [0.25, 0.3) is 49.0 Å². The van der Waals surface area contributed by atoms with Gasteiger partial charge in [-0.1, -0.05) is 0 Å². The van der Waals surface area contributed by atoms with Crippen molar-refractivity contribution in [3.8, 4) is 0 Å². The predicted molar refractivity (Wildman–Crippen MR) is 146 cm³/mol. The zero-order valence-corrected chi connectivity index (χ0v) is 23.2. The van der Waals surface area contributed by atoms with E-state index in [1.807, 2.05) is 0 Å². The van der Waals surface area contributed by atoms with Crippen LogP contribution >= 0.6 is 0 Å². The van der Waals surface area contributed by atoms with Gasteiger partial charge in [-0.2, -0.15) is 0 Å². The number of nitrogens with zero attached hydrogens (tertiary/aromatic N) is 2. The van der Waals surface area contributed by atoms with E-state index >= 15 is 0 Å². The van der Waals surface area contributed by atoms with Crippen molar-refractivity contribution in [1.82, 2.24) is 4.40 Å². The zero-order chi connectivity index (χ0) is 23.4. The Balaban J connectivity index is 2.02. The molecule has 3 aromatic carbocycles. The zero-order valence-electron chi connectivity index (χ0n) is 21.1. The fourth-order valence-corrected chi connectivity index (χ4v) is 8.15. The molecular weight excluding hydrogens is 461 g/mol. The van der Waals surface area contributed by atoms with Crippen LogP contribution in [-0.4, -0.2) is 17.7 Å². The molecule has 0 saturated carbocycles. The number of hydrogen-bond acceptors (Lipinski definition) is 0. The van der Waals surface area contributed by atoms with Crippen LogP contribution in [0.2, 0.25) is 17.3 Å². The summed E-state index contributed by atoms with van der Waals surface area (Å²) in [4.78, 5) is 0. The second kappa shape index (κ2) is 6.73. The fourth-order valence-electron chi connectivity index (χ4n) is 5.72. The van der Waals surface area contributed by atoms with Crippen molar-refractivity contribution in [2.75, 3.05) is 0 Å². The first-order chi connectivity index (χ1) is 15.6. The van der Waals surface area contributed by atoms with Crippen molar-refractivity contribution in [2.24, 2.45) is 7.05 Å². The van der Waals surface area contributed by atoms with Crippen molar-refractivity contribution < 1.29 is 4.57 Å². The predicted octanol–water partition coefficient (Wildman–Crippen LogP) is 7.10. The topological polar surface area (TPSA) is 8.29 Å². The van der Waals surface area contributed by atoms with Gasteiger partial charge in [0.05, 0.1) is 0 Å². The van der Waals surface area contributed by atoms with Crippen LogP contribution in [0, 0.1) is 13.8 Å². The summed E-state index contributed by atoms with van der Waals surface area (Å²) in [6.07, 6.45) is 2.25. The summed E-state index contributed by atoms with van der Waals surface area (Å²) >= 11 is -2.04. The van der Waals surface area contributed by atoms with Crippen LogP contribution in [0.5, 0.6) is 0 Å². The molecule has 0 amide bonds. The molecule has 0 spiro atoms. The van der Waals surface area contributed by atoms with Crippen LogP contribution in [0.3, 0.4) is 0 Å². The van der Waals surface area contributed by atoms with E-state index in [-0.39, 0.29) is 0 Å². The number of aryl methyl sites for hydroxylation is 3. The van der Waals surface area contributed by atoms with E-state index in [4.69, 9.17) is 0 Å². The molecule has 33 heavy (non-hydrogen) atoms. The number of rotatable bonds is 2. The Morgan fingerprint density at radius 1 is 0.848 bits per heavy atom. The van der Waals surface area contributed by atoms with Gasteiger partial charge in [-0.3, -0.25) is 0 Å². The first-order valence-corrected chi connectivity index (χ1v) is 19.5.